The first-order valence-electron chi connectivity index (χ1n) is 5.63. The highest BCUT2D eigenvalue weighted by molar-refractivity contribution is 5.55. The standard InChI is InChI=1S/C12H18N2O2/c1-15-11-7-10(8-12(9-11)16-2)14-5-3-13-4-6-14/h7-9,13H,3-6H2,1-2H3/p+1. The smallest absolute Gasteiger partial charge is 0.124 e. The van der Waals surface area contributed by atoms with E-state index in [0.717, 1.165) is 37.7 Å². The zero-order chi connectivity index (χ0) is 11.4. The topological polar surface area (TPSA) is 38.3 Å². The van der Waals surface area contributed by atoms with Gasteiger partial charge in [0.25, 0.3) is 0 Å². The number of nitrogens with two attached hydrogens (primary N) is 1. The number of anilines is 1. The average molecular weight is 223 g/mol. The van der Waals surface area contributed by atoms with Gasteiger partial charge in [-0.3, -0.25) is 0 Å². The van der Waals surface area contributed by atoms with Crippen LogP contribution in [0, 0.1) is 0 Å². The Morgan fingerprint density at radius 3 is 2.06 bits per heavy atom. The number of benzene rings is 1. The summed E-state index contributed by atoms with van der Waals surface area (Å²) in [6.45, 7) is 4.46. The quantitative estimate of drug-likeness (QED) is 0.789. The Balaban J connectivity index is 2.24. The lowest BCUT2D eigenvalue weighted by Gasteiger charge is -2.27. The summed E-state index contributed by atoms with van der Waals surface area (Å²) in [6, 6.07) is 6.03. The molecule has 0 saturated carbocycles. The van der Waals surface area contributed by atoms with Gasteiger partial charge in [-0.05, 0) is 0 Å². The molecule has 4 nitrogen and oxygen atoms in total. The zero-order valence-corrected chi connectivity index (χ0v) is 9.90. The minimum atomic E-state index is 0.851. The van der Waals surface area contributed by atoms with Crippen molar-refractivity contribution in [3.63, 3.8) is 0 Å². The van der Waals surface area contributed by atoms with Crippen molar-refractivity contribution in [1.82, 2.24) is 0 Å². The molecule has 1 aromatic carbocycles. The van der Waals surface area contributed by atoms with Crippen molar-refractivity contribution in [2.24, 2.45) is 0 Å². The molecule has 0 unspecified atom stereocenters. The van der Waals surface area contributed by atoms with Gasteiger partial charge in [-0.15, -0.1) is 0 Å². The predicted molar refractivity (Wildman–Crippen MR) is 63.4 cm³/mol. The van der Waals surface area contributed by atoms with Crippen LogP contribution < -0.4 is 19.7 Å². The Kier molecular flexibility index (Phi) is 3.51. The van der Waals surface area contributed by atoms with Crippen molar-refractivity contribution in [2.75, 3.05) is 45.3 Å². The number of hydrogen-bond acceptors (Lipinski definition) is 3. The number of rotatable bonds is 3. The minimum absolute atomic E-state index is 0.851. The number of methoxy groups -OCH3 is 2. The number of ether oxygens (including phenoxy) is 2. The molecule has 1 fully saturated rings. The van der Waals surface area contributed by atoms with E-state index in [1.54, 1.807) is 14.2 Å². The Labute approximate surface area is 96.2 Å². The summed E-state index contributed by atoms with van der Waals surface area (Å²) < 4.78 is 10.5. The van der Waals surface area contributed by atoms with Gasteiger partial charge < -0.3 is 19.7 Å². The lowest BCUT2D eigenvalue weighted by atomic mass is 10.2. The van der Waals surface area contributed by atoms with Crippen molar-refractivity contribution in [1.29, 1.82) is 0 Å². The summed E-state index contributed by atoms with van der Waals surface area (Å²) >= 11 is 0. The molecule has 0 aliphatic carbocycles. The highest BCUT2D eigenvalue weighted by atomic mass is 16.5. The van der Waals surface area contributed by atoms with E-state index in [1.165, 1.54) is 5.69 Å². The second-order valence-corrected chi connectivity index (χ2v) is 3.92. The van der Waals surface area contributed by atoms with Crippen LogP contribution in [0.15, 0.2) is 18.2 Å². The Morgan fingerprint density at radius 2 is 1.56 bits per heavy atom. The number of hydrogen-bond donors (Lipinski definition) is 1. The van der Waals surface area contributed by atoms with Crippen LogP contribution in [0.3, 0.4) is 0 Å². The predicted octanol–water partition coefficient (Wildman–Crippen LogP) is 0.0872. The van der Waals surface area contributed by atoms with Crippen LogP contribution in [0.1, 0.15) is 0 Å². The molecule has 4 heteroatoms. The molecule has 1 heterocycles. The van der Waals surface area contributed by atoms with Crippen LogP contribution in [0.4, 0.5) is 5.69 Å². The zero-order valence-electron chi connectivity index (χ0n) is 9.90. The molecule has 88 valence electrons. The maximum absolute atomic E-state index is 5.27. The van der Waals surface area contributed by atoms with Crippen LogP contribution in [0.25, 0.3) is 0 Å². The fourth-order valence-corrected chi connectivity index (χ4v) is 1.98. The summed E-state index contributed by atoms with van der Waals surface area (Å²) in [5.74, 6) is 1.70. The molecule has 0 aromatic heterocycles. The fourth-order valence-electron chi connectivity index (χ4n) is 1.98. The lowest BCUT2D eigenvalue weighted by Crippen LogP contribution is -2.89. The van der Waals surface area contributed by atoms with Crippen LogP contribution in [-0.4, -0.2) is 40.4 Å². The van der Waals surface area contributed by atoms with Gasteiger partial charge in [0.05, 0.1) is 40.4 Å². The molecule has 2 N–H and O–H groups in total. The Hall–Kier alpha value is -1.42. The van der Waals surface area contributed by atoms with Crippen LogP contribution in [-0.2, 0) is 0 Å². The van der Waals surface area contributed by atoms with Gasteiger partial charge in [-0.25, -0.2) is 0 Å². The van der Waals surface area contributed by atoms with Crippen molar-refractivity contribution in [3.8, 4) is 11.5 Å². The first kappa shape index (κ1) is 11.1. The molecule has 0 amide bonds. The van der Waals surface area contributed by atoms with Gasteiger partial charge in [-0.2, -0.15) is 0 Å². The molecule has 16 heavy (non-hydrogen) atoms. The van der Waals surface area contributed by atoms with E-state index in [0.29, 0.717) is 0 Å². The second kappa shape index (κ2) is 5.07. The van der Waals surface area contributed by atoms with Crippen molar-refractivity contribution in [3.05, 3.63) is 18.2 Å². The van der Waals surface area contributed by atoms with Gasteiger partial charge in [0, 0.05) is 23.9 Å². The number of piperazine rings is 1. The summed E-state index contributed by atoms with van der Waals surface area (Å²) in [7, 11) is 3.37. The third-order valence-electron chi connectivity index (χ3n) is 2.91. The fraction of sp³-hybridized carbons (Fsp3) is 0.500. The summed E-state index contributed by atoms with van der Waals surface area (Å²) in [6.07, 6.45) is 0. The molecule has 0 spiro atoms. The van der Waals surface area contributed by atoms with Gasteiger partial charge in [0.15, 0.2) is 0 Å². The third kappa shape index (κ3) is 2.39. The molecular weight excluding hydrogens is 204 g/mol. The van der Waals surface area contributed by atoms with E-state index in [4.69, 9.17) is 9.47 Å². The highest BCUT2D eigenvalue weighted by Crippen LogP contribution is 2.28. The molecule has 0 bridgehead atoms. The van der Waals surface area contributed by atoms with Gasteiger partial charge in [0.2, 0.25) is 0 Å². The molecule has 1 aliphatic rings. The van der Waals surface area contributed by atoms with E-state index in [-0.39, 0.29) is 0 Å². The molecular formula is C12H19N2O2+. The Morgan fingerprint density at radius 1 is 1.00 bits per heavy atom. The van der Waals surface area contributed by atoms with E-state index in [2.05, 4.69) is 22.3 Å². The number of quaternary nitrogens is 1. The van der Waals surface area contributed by atoms with E-state index in [1.807, 2.05) is 6.07 Å². The monoisotopic (exact) mass is 223 g/mol. The highest BCUT2D eigenvalue weighted by Gasteiger charge is 2.14. The van der Waals surface area contributed by atoms with Crippen LogP contribution >= 0.6 is 0 Å². The summed E-state index contributed by atoms with van der Waals surface area (Å²) in [4.78, 5) is 2.37. The van der Waals surface area contributed by atoms with E-state index in [9.17, 15) is 0 Å². The van der Waals surface area contributed by atoms with Crippen molar-refractivity contribution in [2.45, 2.75) is 0 Å². The van der Waals surface area contributed by atoms with Gasteiger partial charge in [-0.1, -0.05) is 0 Å². The summed E-state index contributed by atoms with van der Waals surface area (Å²) in [5.41, 5.74) is 1.18. The molecule has 2 rings (SSSR count). The average Bonchev–Trinajstić information content (AvgIpc) is 2.39. The summed E-state index contributed by atoms with van der Waals surface area (Å²) in [5, 5.41) is 2.34. The maximum Gasteiger partial charge on any atom is 0.124 e. The Bertz CT molecular complexity index is 327. The van der Waals surface area contributed by atoms with Gasteiger partial charge >= 0.3 is 0 Å². The van der Waals surface area contributed by atoms with Crippen LogP contribution in [0.5, 0.6) is 11.5 Å². The van der Waals surface area contributed by atoms with E-state index < -0.39 is 0 Å². The normalized spacial score (nSPS) is 16.0. The van der Waals surface area contributed by atoms with Gasteiger partial charge in [0.1, 0.15) is 11.5 Å². The molecule has 1 saturated heterocycles. The van der Waals surface area contributed by atoms with Crippen molar-refractivity contribution >= 4 is 5.69 Å². The molecule has 0 radical (unpaired) electrons. The lowest BCUT2D eigenvalue weighted by molar-refractivity contribution is -0.655. The number of nitrogens with zero attached hydrogens (tertiary/aromatic N) is 1. The second-order valence-electron chi connectivity index (χ2n) is 3.92. The molecule has 1 aliphatic heterocycles. The third-order valence-corrected chi connectivity index (χ3v) is 2.91. The minimum Gasteiger partial charge on any atom is -0.497 e. The SMILES string of the molecule is COc1cc(OC)cc(N2CC[NH2+]CC2)c1. The maximum atomic E-state index is 5.27. The van der Waals surface area contributed by atoms with Crippen LogP contribution in [0.2, 0.25) is 0 Å². The first-order valence-corrected chi connectivity index (χ1v) is 5.63. The van der Waals surface area contributed by atoms with Crippen molar-refractivity contribution < 1.29 is 14.8 Å². The largest absolute Gasteiger partial charge is 0.497 e. The first-order chi connectivity index (χ1) is 7.83. The molecule has 0 atom stereocenters. The van der Waals surface area contributed by atoms with E-state index >= 15 is 0 Å². The molecule has 1 aromatic rings.